The van der Waals surface area contributed by atoms with Crippen LogP contribution < -0.4 is 5.32 Å². The van der Waals surface area contributed by atoms with E-state index in [0.717, 1.165) is 23.9 Å². The molecule has 0 aliphatic carbocycles. The zero-order valence-electron chi connectivity index (χ0n) is 17.6. The van der Waals surface area contributed by atoms with Gasteiger partial charge in [-0.05, 0) is 61.5 Å². The fraction of sp³-hybridized carbons (Fsp3) is 0.348. The van der Waals surface area contributed by atoms with E-state index in [0.29, 0.717) is 6.61 Å². The minimum absolute atomic E-state index is 0.0112. The minimum Gasteiger partial charge on any atom is -0.383 e. The maximum atomic E-state index is 5.71. The Balaban J connectivity index is 1.74. The number of nitrogens with zero attached hydrogens (tertiary/aromatic N) is 4. The van der Waals surface area contributed by atoms with Gasteiger partial charge in [-0.3, -0.25) is 9.97 Å². The molecule has 1 saturated heterocycles. The first-order valence-corrected chi connectivity index (χ1v) is 10.5. The van der Waals surface area contributed by atoms with Gasteiger partial charge in [-0.1, -0.05) is 12.1 Å². The predicted octanol–water partition coefficient (Wildman–Crippen LogP) is 3.56. The lowest BCUT2D eigenvalue weighted by Gasteiger charge is -2.28. The molecule has 0 spiro atoms. The molecule has 0 saturated carbocycles. The van der Waals surface area contributed by atoms with Crippen molar-refractivity contribution in [3.8, 4) is 0 Å². The second-order valence-electron chi connectivity index (χ2n) is 7.59. The van der Waals surface area contributed by atoms with Gasteiger partial charge >= 0.3 is 0 Å². The number of thiocarbonyl (C=S) groups is 1. The van der Waals surface area contributed by atoms with Crippen LogP contribution in [0.15, 0.2) is 55.0 Å². The van der Waals surface area contributed by atoms with E-state index < -0.39 is 0 Å². The van der Waals surface area contributed by atoms with Crippen molar-refractivity contribution in [2.45, 2.75) is 32.5 Å². The fourth-order valence-corrected chi connectivity index (χ4v) is 4.55. The quantitative estimate of drug-likeness (QED) is 0.589. The van der Waals surface area contributed by atoms with Crippen molar-refractivity contribution in [1.82, 2.24) is 24.8 Å². The van der Waals surface area contributed by atoms with Gasteiger partial charge in [0, 0.05) is 50.2 Å². The van der Waals surface area contributed by atoms with Crippen molar-refractivity contribution in [3.63, 3.8) is 0 Å². The third kappa shape index (κ3) is 3.95. The Morgan fingerprint density at radius 3 is 2.73 bits per heavy atom. The van der Waals surface area contributed by atoms with Crippen LogP contribution >= 0.6 is 12.2 Å². The Bertz CT molecular complexity index is 1010. The van der Waals surface area contributed by atoms with E-state index in [2.05, 4.69) is 56.8 Å². The van der Waals surface area contributed by atoms with Crippen molar-refractivity contribution >= 4 is 17.3 Å². The standard InChI is InChI=1S/C23H27N5OS/c1-16-13-19(17(2)28(16)15-18-7-6-9-24-14-18)22-21(20-8-4-5-10-25-20)26-23(30)27(22)11-12-29-3/h4-10,13-14,21-22H,11-12,15H2,1-3H3,(H,26,30)/t21-,22-/m0/s1. The summed E-state index contributed by atoms with van der Waals surface area (Å²) < 4.78 is 7.70. The van der Waals surface area contributed by atoms with E-state index >= 15 is 0 Å². The summed E-state index contributed by atoms with van der Waals surface area (Å²) in [5.41, 5.74) is 5.88. The van der Waals surface area contributed by atoms with Crippen molar-refractivity contribution in [3.05, 3.63) is 83.2 Å². The van der Waals surface area contributed by atoms with Gasteiger partial charge in [-0.2, -0.15) is 0 Å². The monoisotopic (exact) mass is 421 g/mol. The smallest absolute Gasteiger partial charge is 0.170 e. The SMILES string of the molecule is COCCN1C(=S)N[C@@H](c2ccccn2)[C@@H]1c1cc(C)n(Cc2cccnc2)c1C. The maximum Gasteiger partial charge on any atom is 0.170 e. The number of pyridine rings is 2. The van der Waals surface area contributed by atoms with Crippen LogP contribution in [0.2, 0.25) is 0 Å². The molecule has 6 nitrogen and oxygen atoms in total. The van der Waals surface area contributed by atoms with Crippen molar-refractivity contribution in [2.24, 2.45) is 0 Å². The van der Waals surface area contributed by atoms with Gasteiger partial charge in [0.25, 0.3) is 0 Å². The molecule has 0 bridgehead atoms. The van der Waals surface area contributed by atoms with Gasteiger partial charge in [0.1, 0.15) is 0 Å². The molecule has 0 amide bonds. The molecule has 1 aliphatic rings. The van der Waals surface area contributed by atoms with E-state index in [9.17, 15) is 0 Å². The molecule has 3 aromatic rings. The molecule has 1 aliphatic heterocycles. The molecule has 7 heteroatoms. The summed E-state index contributed by atoms with van der Waals surface area (Å²) >= 11 is 5.71. The number of aromatic nitrogens is 3. The van der Waals surface area contributed by atoms with Gasteiger partial charge in [-0.15, -0.1) is 0 Å². The number of aryl methyl sites for hydroxylation is 1. The third-order valence-corrected chi connectivity index (χ3v) is 6.08. The predicted molar refractivity (Wildman–Crippen MR) is 121 cm³/mol. The fourth-order valence-electron chi connectivity index (χ4n) is 4.22. The molecule has 4 rings (SSSR count). The Hall–Kier alpha value is -2.77. The van der Waals surface area contributed by atoms with E-state index in [1.54, 1.807) is 13.3 Å². The van der Waals surface area contributed by atoms with E-state index in [4.69, 9.17) is 17.0 Å². The van der Waals surface area contributed by atoms with Crippen LogP contribution in [-0.4, -0.2) is 44.8 Å². The lowest BCUT2D eigenvalue weighted by Crippen LogP contribution is -2.32. The molecule has 4 heterocycles. The normalized spacial score (nSPS) is 18.6. The molecule has 1 N–H and O–H groups in total. The van der Waals surface area contributed by atoms with E-state index in [1.165, 1.54) is 22.5 Å². The molecule has 0 unspecified atom stereocenters. The van der Waals surface area contributed by atoms with Gasteiger partial charge in [-0.25, -0.2) is 0 Å². The van der Waals surface area contributed by atoms with Crippen LogP contribution in [-0.2, 0) is 11.3 Å². The summed E-state index contributed by atoms with van der Waals surface area (Å²) in [6.45, 7) is 6.47. The van der Waals surface area contributed by atoms with Crippen molar-refractivity contribution in [1.29, 1.82) is 0 Å². The molecule has 2 atom stereocenters. The molecule has 30 heavy (non-hydrogen) atoms. The van der Waals surface area contributed by atoms with Gasteiger partial charge < -0.3 is 19.5 Å². The van der Waals surface area contributed by atoms with Gasteiger partial charge in [0.2, 0.25) is 0 Å². The first kappa shape index (κ1) is 20.5. The van der Waals surface area contributed by atoms with Gasteiger partial charge in [0.15, 0.2) is 5.11 Å². The second-order valence-corrected chi connectivity index (χ2v) is 7.97. The van der Waals surface area contributed by atoms with E-state index in [1.807, 2.05) is 30.6 Å². The average Bonchev–Trinajstić information content (AvgIpc) is 3.24. The molecule has 0 radical (unpaired) electrons. The zero-order chi connectivity index (χ0) is 21.1. The molecule has 0 aromatic carbocycles. The topological polar surface area (TPSA) is 55.2 Å². The Morgan fingerprint density at radius 2 is 2.03 bits per heavy atom. The molecule has 3 aromatic heterocycles. The first-order valence-electron chi connectivity index (χ1n) is 10.1. The Labute approximate surface area is 182 Å². The first-order chi connectivity index (χ1) is 14.6. The van der Waals surface area contributed by atoms with Crippen LogP contribution in [0.3, 0.4) is 0 Å². The summed E-state index contributed by atoms with van der Waals surface area (Å²) in [5, 5.41) is 4.24. The second kappa shape index (κ2) is 8.93. The largest absolute Gasteiger partial charge is 0.383 e. The van der Waals surface area contributed by atoms with Crippen LogP contribution in [0.1, 0.15) is 40.3 Å². The maximum absolute atomic E-state index is 5.71. The number of methoxy groups -OCH3 is 1. The molecular weight excluding hydrogens is 394 g/mol. The Kier molecular flexibility index (Phi) is 6.11. The Morgan fingerprint density at radius 1 is 1.17 bits per heavy atom. The highest BCUT2D eigenvalue weighted by Gasteiger charge is 2.41. The van der Waals surface area contributed by atoms with Crippen LogP contribution in [0.5, 0.6) is 0 Å². The minimum atomic E-state index is -0.0112. The molecule has 156 valence electrons. The average molecular weight is 422 g/mol. The number of hydrogen-bond acceptors (Lipinski definition) is 4. The number of rotatable bonds is 7. The lowest BCUT2D eigenvalue weighted by atomic mass is 9.97. The highest BCUT2D eigenvalue weighted by molar-refractivity contribution is 7.80. The number of nitrogens with one attached hydrogen (secondary N) is 1. The molecule has 1 fully saturated rings. The van der Waals surface area contributed by atoms with Crippen LogP contribution in [0.4, 0.5) is 0 Å². The van der Waals surface area contributed by atoms with Crippen molar-refractivity contribution < 1.29 is 4.74 Å². The summed E-state index contributed by atoms with van der Waals surface area (Å²) in [5.74, 6) is 0. The number of ether oxygens (including phenoxy) is 1. The van der Waals surface area contributed by atoms with Crippen molar-refractivity contribution in [2.75, 3.05) is 20.3 Å². The summed E-state index contributed by atoms with van der Waals surface area (Å²) in [6.07, 6.45) is 5.56. The summed E-state index contributed by atoms with van der Waals surface area (Å²) in [6, 6.07) is 12.4. The highest BCUT2D eigenvalue weighted by Crippen LogP contribution is 2.40. The van der Waals surface area contributed by atoms with Gasteiger partial charge in [0.05, 0.1) is 24.4 Å². The number of hydrogen-bond donors (Lipinski definition) is 1. The van der Waals surface area contributed by atoms with Crippen LogP contribution in [0.25, 0.3) is 0 Å². The van der Waals surface area contributed by atoms with Crippen LogP contribution in [0, 0.1) is 13.8 Å². The lowest BCUT2D eigenvalue weighted by molar-refractivity contribution is 0.164. The summed E-state index contributed by atoms with van der Waals surface area (Å²) in [7, 11) is 1.72. The van der Waals surface area contributed by atoms with E-state index in [-0.39, 0.29) is 12.1 Å². The third-order valence-electron chi connectivity index (χ3n) is 5.73. The zero-order valence-corrected chi connectivity index (χ0v) is 18.4. The summed E-state index contributed by atoms with van der Waals surface area (Å²) in [4.78, 5) is 11.1. The highest BCUT2D eigenvalue weighted by atomic mass is 32.1. The molecular formula is C23H27N5OS.